The second kappa shape index (κ2) is 3.42. The molecule has 0 spiro atoms. The summed E-state index contributed by atoms with van der Waals surface area (Å²) in [5, 5.41) is 0.913. The van der Waals surface area contributed by atoms with E-state index in [9.17, 15) is 4.79 Å². The molecule has 2 aromatic rings. The van der Waals surface area contributed by atoms with Crippen molar-refractivity contribution < 1.29 is 9.21 Å². The SMILES string of the molecule is Cc1coc2cccc(C(=O)N(C)C)c12. The fourth-order valence-corrected chi connectivity index (χ4v) is 1.67. The van der Waals surface area contributed by atoms with Gasteiger partial charge < -0.3 is 9.32 Å². The normalized spacial score (nSPS) is 10.6. The van der Waals surface area contributed by atoms with Crippen LogP contribution in [-0.2, 0) is 0 Å². The topological polar surface area (TPSA) is 33.5 Å². The first-order valence-corrected chi connectivity index (χ1v) is 4.79. The third-order valence-electron chi connectivity index (χ3n) is 2.42. The first-order valence-electron chi connectivity index (χ1n) is 4.79. The second-order valence-electron chi connectivity index (χ2n) is 3.80. The predicted molar refractivity (Wildman–Crippen MR) is 59.0 cm³/mol. The van der Waals surface area contributed by atoms with E-state index in [1.807, 2.05) is 25.1 Å². The van der Waals surface area contributed by atoms with Gasteiger partial charge >= 0.3 is 0 Å². The molecule has 1 heterocycles. The third kappa shape index (κ3) is 1.50. The van der Waals surface area contributed by atoms with Gasteiger partial charge in [0.15, 0.2) is 0 Å². The van der Waals surface area contributed by atoms with Gasteiger partial charge in [-0.25, -0.2) is 0 Å². The monoisotopic (exact) mass is 203 g/mol. The summed E-state index contributed by atoms with van der Waals surface area (Å²) in [6.07, 6.45) is 1.68. The van der Waals surface area contributed by atoms with Crippen molar-refractivity contribution in [2.45, 2.75) is 6.92 Å². The molecule has 0 radical (unpaired) electrons. The van der Waals surface area contributed by atoms with Crippen molar-refractivity contribution in [1.82, 2.24) is 4.90 Å². The molecule has 1 aromatic heterocycles. The van der Waals surface area contributed by atoms with Crippen LogP contribution in [0.1, 0.15) is 15.9 Å². The van der Waals surface area contributed by atoms with Gasteiger partial charge in [-0.15, -0.1) is 0 Å². The quantitative estimate of drug-likeness (QED) is 0.713. The Bertz CT molecular complexity index is 511. The van der Waals surface area contributed by atoms with Crippen LogP contribution in [-0.4, -0.2) is 24.9 Å². The van der Waals surface area contributed by atoms with Gasteiger partial charge in [0, 0.05) is 19.5 Å². The van der Waals surface area contributed by atoms with Crippen molar-refractivity contribution in [2.24, 2.45) is 0 Å². The average Bonchev–Trinajstić information content (AvgIpc) is 2.59. The molecule has 0 aliphatic heterocycles. The maximum Gasteiger partial charge on any atom is 0.254 e. The molecule has 0 bridgehead atoms. The molecule has 1 amide bonds. The molecule has 3 heteroatoms. The molecule has 2 rings (SSSR count). The Kier molecular flexibility index (Phi) is 2.23. The van der Waals surface area contributed by atoms with E-state index in [0.717, 1.165) is 16.5 Å². The summed E-state index contributed by atoms with van der Waals surface area (Å²) >= 11 is 0. The fraction of sp³-hybridized carbons (Fsp3) is 0.250. The van der Waals surface area contributed by atoms with Crippen molar-refractivity contribution in [2.75, 3.05) is 14.1 Å². The first kappa shape index (κ1) is 9.77. The number of nitrogens with zero attached hydrogens (tertiary/aromatic N) is 1. The largest absolute Gasteiger partial charge is 0.464 e. The lowest BCUT2D eigenvalue weighted by Crippen LogP contribution is -2.21. The van der Waals surface area contributed by atoms with Crippen LogP contribution in [0, 0.1) is 6.92 Å². The van der Waals surface area contributed by atoms with Crippen molar-refractivity contribution in [3.8, 4) is 0 Å². The molecule has 0 aliphatic carbocycles. The van der Waals surface area contributed by atoms with Crippen LogP contribution in [0.2, 0.25) is 0 Å². The van der Waals surface area contributed by atoms with E-state index in [-0.39, 0.29) is 5.91 Å². The van der Waals surface area contributed by atoms with Crippen LogP contribution in [0.5, 0.6) is 0 Å². The van der Waals surface area contributed by atoms with Crippen molar-refractivity contribution in [3.05, 3.63) is 35.6 Å². The Hall–Kier alpha value is -1.77. The third-order valence-corrected chi connectivity index (χ3v) is 2.42. The molecular weight excluding hydrogens is 190 g/mol. The summed E-state index contributed by atoms with van der Waals surface area (Å²) in [7, 11) is 3.49. The fourth-order valence-electron chi connectivity index (χ4n) is 1.67. The second-order valence-corrected chi connectivity index (χ2v) is 3.80. The molecule has 0 atom stereocenters. The lowest BCUT2D eigenvalue weighted by Gasteiger charge is -2.10. The van der Waals surface area contributed by atoms with Crippen LogP contribution in [0.25, 0.3) is 11.0 Å². The standard InChI is InChI=1S/C12H13NO2/c1-8-7-15-10-6-4-5-9(11(8)10)12(14)13(2)3/h4-7H,1-3H3. The number of rotatable bonds is 1. The minimum Gasteiger partial charge on any atom is -0.464 e. The highest BCUT2D eigenvalue weighted by molar-refractivity contribution is 6.06. The van der Waals surface area contributed by atoms with Gasteiger partial charge in [-0.05, 0) is 24.6 Å². The molecule has 0 N–H and O–H groups in total. The maximum atomic E-state index is 11.9. The summed E-state index contributed by atoms with van der Waals surface area (Å²) in [6, 6.07) is 5.53. The Morgan fingerprint density at radius 1 is 1.33 bits per heavy atom. The summed E-state index contributed by atoms with van der Waals surface area (Å²) in [5.41, 5.74) is 2.46. The van der Waals surface area contributed by atoms with E-state index >= 15 is 0 Å². The highest BCUT2D eigenvalue weighted by Gasteiger charge is 2.14. The molecule has 78 valence electrons. The lowest BCUT2D eigenvalue weighted by atomic mass is 10.1. The molecule has 1 aromatic carbocycles. The van der Waals surface area contributed by atoms with E-state index in [4.69, 9.17) is 4.42 Å². The number of amides is 1. The zero-order valence-electron chi connectivity index (χ0n) is 9.07. The lowest BCUT2D eigenvalue weighted by molar-refractivity contribution is 0.0829. The summed E-state index contributed by atoms with van der Waals surface area (Å²) in [4.78, 5) is 13.5. The molecule has 3 nitrogen and oxygen atoms in total. The maximum absolute atomic E-state index is 11.9. The molecule has 15 heavy (non-hydrogen) atoms. The number of benzene rings is 1. The van der Waals surface area contributed by atoms with E-state index < -0.39 is 0 Å². The van der Waals surface area contributed by atoms with Crippen LogP contribution in [0.4, 0.5) is 0 Å². The molecular formula is C12H13NO2. The number of hydrogen-bond acceptors (Lipinski definition) is 2. The highest BCUT2D eigenvalue weighted by atomic mass is 16.3. The Morgan fingerprint density at radius 3 is 2.73 bits per heavy atom. The van der Waals surface area contributed by atoms with Gasteiger partial charge in [0.1, 0.15) is 5.58 Å². The minimum absolute atomic E-state index is 0.00472. The average molecular weight is 203 g/mol. The summed E-state index contributed by atoms with van der Waals surface area (Å²) in [6.45, 7) is 1.94. The van der Waals surface area contributed by atoms with Crippen molar-refractivity contribution in [3.63, 3.8) is 0 Å². The van der Waals surface area contributed by atoms with Gasteiger partial charge in [-0.3, -0.25) is 4.79 Å². The van der Waals surface area contributed by atoms with Crippen LogP contribution >= 0.6 is 0 Å². The van der Waals surface area contributed by atoms with E-state index in [1.165, 1.54) is 0 Å². The zero-order valence-corrected chi connectivity index (χ0v) is 9.07. The minimum atomic E-state index is 0.00472. The summed E-state index contributed by atoms with van der Waals surface area (Å²) < 4.78 is 5.35. The predicted octanol–water partition coefficient (Wildman–Crippen LogP) is 2.44. The number of fused-ring (bicyclic) bond motifs is 1. The van der Waals surface area contributed by atoms with E-state index in [2.05, 4.69) is 0 Å². The molecule has 0 saturated carbocycles. The van der Waals surface area contributed by atoms with Gasteiger partial charge in [-0.2, -0.15) is 0 Å². The molecule has 0 aliphatic rings. The molecule has 0 fully saturated rings. The van der Waals surface area contributed by atoms with Crippen LogP contribution in [0.15, 0.2) is 28.9 Å². The smallest absolute Gasteiger partial charge is 0.254 e. The van der Waals surface area contributed by atoms with Gasteiger partial charge in [-0.1, -0.05) is 6.07 Å². The molecule has 0 unspecified atom stereocenters. The van der Waals surface area contributed by atoms with E-state index in [0.29, 0.717) is 5.56 Å². The van der Waals surface area contributed by atoms with E-state index in [1.54, 1.807) is 25.3 Å². The number of hydrogen-bond donors (Lipinski definition) is 0. The van der Waals surface area contributed by atoms with Crippen LogP contribution in [0.3, 0.4) is 0 Å². The van der Waals surface area contributed by atoms with Crippen LogP contribution < -0.4 is 0 Å². The Labute approximate surface area is 88.3 Å². The van der Waals surface area contributed by atoms with Gasteiger partial charge in [0.2, 0.25) is 0 Å². The number of furan rings is 1. The Morgan fingerprint density at radius 2 is 2.07 bits per heavy atom. The number of aryl methyl sites for hydroxylation is 1. The van der Waals surface area contributed by atoms with Gasteiger partial charge in [0.25, 0.3) is 5.91 Å². The summed E-state index contributed by atoms with van der Waals surface area (Å²) in [5.74, 6) is 0.00472. The highest BCUT2D eigenvalue weighted by Crippen LogP contribution is 2.24. The van der Waals surface area contributed by atoms with Gasteiger partial charge in [0.05, 0.1) is 11.8 Å². The number of carbonyl (C=O) groups is 1. The first-order chi connectivity index (χ1) is 7.11. The van der Waals surface area contributed by atoms with Crippen molar-refractivity contribution in [1.29, 1.82) is 0 Å². The number of carbonyl (C=O) groups excluding carboxylic acids is 1. The zero-order chi connectivity index (χ0) is 11.0. The van der Waals surface area contributed by atoms with Crippen molar-refractivity contribution >= 4 is 16.9 Å². The Balaban J connectivity index is 2.70. The molecule has 0 saturated heterocycles.